The first-order chi connectivity index (χ1) is 7.19. The van der Waals surface area contributed by atoms with Crippen LogP contribution in [0.5, 0.6) is 0 Å². The average molecular weight is 209 g/mol. The highest BCUT2D eigenvalue weighted by molar-refractivity contribution is 5.78. The number of amides is 1. The van der Waals surface area contributed by atoms with E-state index in [-0.39, 0.29) is 5.91 Å². The monoisotopic (exact) mass is 209 g/mol. The van der Waals surface area contributed by atoms with Gasteiger partial charge in [0.1, 0.15) is 12.6 Å². The van der Waals surface area contributed by atoms with Crippen molar-refractivity contribution in [2.75, 3.05) is 26.2 Å². The van der Waals surface area contributed by atoms with Gasteiger partial charge in [-0.25, -0.2) is 0 Å². The maximum absolute atomic E-state index is 11.5. The molecule has 15 heavy (non-hydrogen) atoms. The maximum Gasteiger partial charge on any atom is 0.230 e. The third-order valence-corrected chi connectivity index (χ3v) is 3.09. The Morgan fingerprint density at radius 2 is 2.40 bits per heavy atom. The van der Waals surface area contributed by atoms with E-state index < -0.39 is 0 Å². The quantitative estimate of drug-likeness (QED) is 0.501. The first-order valence-corrected chi connectivity index (χ1v) is 5.23. The van der Waals surface area contributed by atoms with Crippen LogP contribution in [0.15, 0.2) is 17.4 Å². The molecule has 2 N–H and O–H groups in total. The van der Waals surface area contributed by atoms with Crippen molar-refractivity contribution in [2.24, 2.45) is 5.10 Å². The van der Waals surface area contributed by atoms with E-state index in [1.807, 2.05) is 5.01 Å². The van der Waals surface area contributed by atoms with Crippen molar-refractivity contribution in [1.82, 2.24) is 10.3 Å². The standard InChI is InChI=1S/C10H16N4O/c1-8-6-13-3-4-14(11-2)7-9(13)5-10(15)12-8/h9H,1-7H2,(H,12,15)/p+1. The zero-order valence-electron chi connectivity index (χ0n) is 8.83. The largest absolute Gasteiger partial charge is 0.325 e. The van der Waals surface area contributed by atoms with E-state index in [1.54, 1.807) is 0 Å². The summed E-state index contributed by atoms with van der Waals surface area (Å²) in [6, 6.07) is 0.323. The highest BCUT2D eigenvalue weighted by Crippen LogP contribution is 2.02. The van der Waals surface area contributed by atoms with Gasteiger partial charge in [-0.2, -0.15) is 5.10 Å². The van der Waals surface area contributed by atoms with E-state index in [4.69, 9.17) is 0 Å². The predicted molar refractivity (Wildman–Crippen MR) is 57.5 cm³/mol. The highest BCUT2D eigenvalue weighted by atomic mass is 16.1. The first kappa shape index (κ1) is 10.2. The summed E-state index contributed by atoms with van der Waals surface area (Å²) >= 11 is 0. The smallest absolute Gasteiger partial charge is 0.230 e. The van der Waals surface area contributed by atoms with Gasteiger partial charge < -0.3 is 10.2 Å². The molecule has 0 aromatic carbocycles. The van der Waals surface area contributed by atoms with Crippen molar-refractivity contribution in [1.29, 1.82) is 0 Å². The fraction of sp³-hybridized carbons (Fsp3) is 0.600. The number of hydrogen-bond donors (Lipinski definition) is 2. The second kappa shape index (κ2) is 4.02. The second-order valence-electron chi connectivity index (χ2n) is 4.19. The number of carbonyl (C=O) groups is 1. The molecule has 0 bridgehead atoms. The number of fused-ring (bicyclic) bond motifs is 1. The zero-order chi connectivity index (χ0) is 10.8. The Balaban J connectivity index is 2.08. The summed E-state index contributed by atoms with van der Waals surface area (Å²) in [5.74, 6) is 0.0749. The van der Waals surface area contributed by atoms with Crippen LogP contribution in [0.2, 0.25) is 0 Å². The van der Waals surface area contributed by atoms with Crippen LogP contribution in [-0.2, 0) is 4.79 Å². The summed E-state index contributed by atoms with van der Waals surface area (Å²) < 4.78 is 0. The summed E-state index contributed by atoms with van der Waals surface area (Å²) in [7, 11) is 0. The SMILES string of the molecule is C=NN1CC[NH+]2CC(=C)NC(=O)CC2C1. The molecule has 2 fully saturated rings. The van der Waals surface area contributed by atoms with Crippen LogP contribution in [-0.4, -0.2) is 49.9 Å². The van der Waals surface area contributed by atoms with E-state index in [0.29, 0.717) is 12.5 Å². The molecule has 82 valence electrons. The van der Waals surface area contributed by atoms with E-state index in [0.717, 1.165) is 31.9 Å². The molecule has 5 heteroatoms. The van der Waals surface area contributed by atoms with Crippen LogP contribution in [0, 0.1) is 0 Å². The minimum absolute atomic E-state index is 0.0749. The molecule has 0 aromatic rings. The van der Waals surface area contributed by atoms with Crippen LogP contribution in [0.4, 0.5) is 0 Å². The third kappa shape index (κ3) is 2.18. The summed E-state index contributed by atoms with van der Waals surface area (Å²) in [4.78, 5) is 12.9. The maximum atomic E-state index is 11.5. The molecule has 0 saturated carbocycles. The predicted octanol–water partition coefficient (Wildman–Crippen LogP) is -1.80. The van der Waals surface area contributed by atoms with E-state index in [1.165, 1.54) is 4.90 Å². The average Bonchev–Trinajstić information content (AvgIpc) is 2.33. The molecule has 0 radical (unpaired) electrons. The van der Waals surface area contributed by atoms with Crippen LogP contribution in [0.1, 0.15) is 6.42 Å². The molecule has 2 atom stereocenters. The van der Waals surface area contributed by atoms with Crippen LogP contribution in [0.3, 0.4) is 0 Å². The Hall–Kier alpha value is -1.36. The topological polar surface area (TPSA) is 49.1 Å². The number of quaternary nitrogens is 1. The van der Waals surface area contributed by atoms with E-state index >= 15 is 0 Å². The number of hydrogen-bond acceptors (Lipinski definition) is 3. The molecule has 2 rings (SSSR count). The number of nitrogens with zero attached hydrogens (tertiary/aromatic N) is 2. The number of carbonyl (C=O) groups excluding carboxylic acids is 1. The van der Waals surface area contributed by atoms with Crippen molar-refractivity contribution in [3.8, 4) is 0 Å². The lowest BCUT2D eigenvalue weighted by Gasteiger charge is -2.35. The Morgan fingerprint density at radius 3 is 3.13 bits per heavy atom. The summed E-state index contributed by atoms with van der Waals surface area (Å²) in [5, 5.41) is 8.68. The molecule has 2 unspecified atom stereocenters. The molecular formula is C10H17N4O+. The van der Waals surface area contributed by atoms with Gasteiger partial charge in [0, 0.05) is 6.72 Å². The molecule has 5 nitrogen and oxygen atoms in total. The van der Waals surface area contributed by atoms with E-state index in [2.05, 4.69) is 23.7 Å². The Labute approximate surface area is 89.4 Å². The Kier molecular flexibility index (Phi) is 2.73. The van der Waals surface area contributed by atoms with Crippen molar-refractivity contribution in [3.63, 3.8) is 0 Å². The van der Waals surface area contributed by atoms with Gasteiger partial charge in [0.25, 0.3) is 0 Å². The van der Waals surface area contributed by atoms with Gasteiger partial charge in [0.2, 0.25) is 5.91 Å². The second-order valence-corrected chi connectivity index (χ2v) is 4.19. The molecule has 2 aliphatic heterocycles. The minimum atomic E-state index is 0.0749. The molecule has 0 spiro atoms. The highest BCUT2D eigenvalue weighted by Gasteiger charge is 2.34. The zero-order valence-corrected chi connectivity index (χ0v) is 8.83. The van der Waals surface area contributed by atoms with Gasteiger partial charge >= 0.3 is 0 Å². The minimum Gasteiger partial charge on any atom is -0.325 e. The van der Waals surface area contributed by atoms with Gasteiger partial charge in [-0.3, -0.25) is 9.80 Å². The molecule has 0 aliphatic carbocycles. The van der Waals surface area contributed by atoms with Gasteiger partial charge in [0.05, 0.1) is 31.8 Å². The van der Waals surface area contributed by atoms with Crippen molar-refractivity contribution in [2.45, 2.75) is 12.5 Å². The molecule has 0 aromatic heterocycles. The Bertz CT molecular complexity index is 302. The van der Waals surface area contributed by atoms with Gasteiger partial charge in [-0.1, -0.05) is 6.58 Å². The molecule has 1 amide bonds. The molecule has 2 saturated heterocycles. The lowest BCUT2D eigenvalue weighted by Crippen LogP contribution is -3.18. The van der Waals surface area contributed by atoms with Gasteiger partial charge in [-0.15, -0.1) is 0 Å². The van der Waals surface area contributed by atoms with Gasteiger partial charge in [0.15, 0.2) is 0 Å². The van der Waals surface area contributed by atoms with Gasteiger partial charge in [-0.05, 0) is 0 Å². The molecule has 2 heterocycles. The first-order valence-electron chi connectivity index (χ1n) is 5.23. The summed E-state index contributed by atoms with van der Waals surface area (Å²) in [5.41, 5.74) is 0.831. The summed E-state index contributed by atoms with van der Waals surface area (Å²) in [6.07, 6.45) is 0.556. The number of rotatable bonds is 1. The Morgan fingerprint density at radius 1 is 1.60 bits per heavy atom. The number of hydrazone groups is 1. The molecule has 2 aliphatic rings. The lowest BCUT2D eigenvalue weighted by molar-refractivity contribution is -0.924. The van der Waals surface area contributed by atoms with Crippen LogP contribution >= 0.6 is 0 Å². The lowest BCUT2D eigenvalue weighted by atomic mass is 10.1. The molecular weight excluding hydrogens is 192 g/mol. The number of piperazine rings is 1. The van der Waals surface area contributed by atoms with Crippen LogP contribution in [0.25, 0.3) is 0 Å². The van der Waals surface area contributed by atoms with E-state index in [9.17, 15) is 4.79 Å². The number of nitrogens with one attached hydrogen (secondary N) is 2. The normalized spacial score (nSPS) is 31.6. The third-order valence-electron chi connectivity index (χ3n) is 3.09. The summed E-state index contributed by atoms with van der Waals surface area (Å²) in [6.45, 7) is 10.9. The van der Waals surface area contributed by atoms with Crippen molar-refractivity contribution >= 4 is 12.6 Å². The fourth-order valence-electron chi connectivity index (χ4n) is 2.31. The van der Waals surface area contributed by atoms with Crippen molar-refractivity contribution < 1.29 is 9.69 Å². The van der Waals surface area contributed by atoms with Crippen LogP contribution < -0.4 is 10.2 Å². The fourth-order valence-corrected chi connectivity index (χ4v) is 2.31. The van der Waals surface area contributed by atoms with Crippen molar-refractivity contribution in [3.05, 3.63) is 12.3 Å².